The number of halogens is 1. The molecule has 0 aliphatic rings. The molecule has 0 aliphatic heterocycles. The molecule has 1 heterocycles. The zero-order valence-electron chi connectivity index (χ0n) is 6.75. The van der Waals surface area contributed by atoms with Gasteiger partial charge in [0.15, 0.2) is 0 Å². The predicted octanol–water partition coefficient (Wildman–Crippen LogP) is 2.11. The molecule has 0 saturated carbocycles. The van der Waals surface area contributed by atoms with Gasteiger partial charge in [-0.3, -0.25) is 0 Å². The number of nitrogen functional groups attached to an aromatic ring is 1. The van der Waals surface area contributed by atoms with Crippen LogP contribution in [0.5, 0.6) is 0 Å². The van der Waals surface area contributed by atoms with Crippen LogP contribution in [0.1, 0.15) is 5.56 Å². The van der Waals surface area contributed by atoms with Crippen molar-refractivity contribution in [1.29, 1.82) is 0 Å². The second-order valence-electron chi connectivity index (χ2n) is 2.75. The molecular formula is C9H8FNOS. The fraction of sp³-hybridized carbons (Fsp3) is 0.111. The number of hydrogen-bond donors (Lipinski definition) is 2. The lowest BCUT2D eigenvalue weighted by molar-refractivity contribution is 0.282. The van der Waals surface area contributed by atoms with E-state index >= 15 is 0 Å². The van der Waals surface area contributed by atoms with Gasteiger partial charge in [-0.15, -0.1) is 11.3 Å². The highest BCUT2D eigenvalue weighted by atomic mass is 32.1. The molecule has 0 radical (unpaired) electrons. The Morgan fingerprint density at radius 3 is 2.92 bits per heavy atom. The average Bonchev–Trinajstić information content (AvgIpc) is 2.49. The molecule has 0 bridgehead atoms. The van der Waals surface area contributed by atoms with Crippen LogP contribution >= 0.6 is 11.3 Å². The molecule has 1 aromatic heterocycles. The molecule has 2 nitrogen and oxygen atoms in total. The summed E-state index contributed by atoms with van der Waals surface area (Å²) in [4.78, 5) is 0. The molecule has 2 aromatic rings. The van der Waals surface area contributed by atoms with Crippen LogP contribution in [0.4, 0.5) is 10.1 Å². The first-order valence-corrected chi connectivity index (χ1v) is 4.67. The van der Waals surface area contributed by atoms with Crippen molar-refractivity contribution in [2.45, 2.75) is 6.61 Å². The predicted molar refractivity (Wildman–Crippen MR) is 52.1 cm³/mol. The molecule has 1 aromatic carbocycles. The van der Waals surface area contributed by atoms with Crippen molar-refractivity contribution in [1.82, 2.24) is 0 Å². The summed E-state index contributed by atoms with van der Waals surface area (Å²) in [7, 11) is 0. The van der Waals surface area contributed by atoms with Crippen molar-refractivity contribution >= 4 is 27.1 Å². The van der Waals surface area contributed by atoms with E-state index < -0.39 is 0 Å². The van der Waals surface area contributed by atoms with Crippen molar-refractivity contribution in [2.75, 3.05) is 5.73 Å². The van der Waals surface area contributed by atoms with Gasteiger partial charge in [-0.2, -0.15) is 0 Å². The summed E-state index contributed by atoms with van der Waals surface area (Å²) in [6.07, 6.45) is 0. The summed E-state index contributed by atoms with van der Waals surface area (Å²) in [5.74, 6) is -0.312. The van der Waals surface area contributed by atoms with E-state index in [2.05, 4.69) is 0 Å². The van der Waals surface area contributed by atoms with Crippen molar-refractivity contribution in [3.8, 4) is 0 Å². The number of thiophene rings is 1. The number of nitrogens with two attached hydrogens (primary N) is 1. The van der Waals surface area contributed by atoms with E-state index in [1.165, 1.54) is 16.7 Å². The van der Waals surface area contributed by atoms with Crippen molar-refractivity contribution in [3.05, 3.63) is 28.9 Å². The lowest BCUT2D eigenvalue weighted by Crippen LogP contribution is -1.94. The van der Waals surface area contributed by atoms with Crippen LogP contribution in [0.25, 0.3) is 10.1 Å². The number of rotatable bonds is 1. The first-order valence-electron chi connectivity index (χ1n) is 3.79. The number of fused-ring (bicyclic) bond motifs is 1. The van der Waals surface area contributed by atoms with Gasteiger partial charge in [0.25, 0.3) is 0 Å². The van der Waals surface area contributed by atoms with Gasteiger partial charge in [-0.1, -0.05) is 6.07 Å². The van der Waals surface area contributed by atoms with Crippen LogP contribution in [0.15, 0.2) is 17.5 Å². The number of hydrogen-bond acceptors (Lipinski definition) is 3. The zero-order chi connectivity index (χ0) is 9.42. The van der Waals surface area contributed by atoms with Crippen LogP contribution in [-0.4, -0.2) is 5.11 Å². The Labute approximate surface area is 78.4 Å². The summed E-state index contributed by atoms with van der Waals surface area (Å²) in [5.41, 5.74) is 6.60. The van der Waals surface area contributed by atoms with Crippen LogP contribution in [-0.2, 0) is 6.61 Å². The highest BCUT2D eigenvalue weighted by molar-refractivity contribution is 7.17. The fourth-order valence-corrected chi connectivity index (χ4v) is 2.12. The molecule has 0 amide bonds. The molecule has 0 atom stereocenters. The maximum Gasteiger partial charge on any atom is 0.143 e. The lowest BCUT2D eigenvalue weighted by Gasteiger charge is -2.02. The Morgan fingerprint density at radius 1 is 1.46 bits per heavy atom. The highest BCUT2D eigenvalue weighted by Gasteiger charge is 2.09. The van der Waals surface area contributed by atoms with E-state index in [4.69, 9.17) is 10.8 Å². The minimum absolute atomic E-state index is 0.156. The number of benzene rings is 1. The lowest BCUT2D eigenvalue weighted by atomic mass is 10.1. The average molecular weight is 197 g/mol. The highest BCUT2D eigenvalue weighted by Crippen LogP contribution is 2.31. The SMILES string of the molecule is Nc1c(CO)ccc2scc(F)c12. The first kappa shape index (κ1) is 8.47. The zero-order valence-corrected chi connectivity index (χ0v) is 7.57. The summed E-state index contributed by atoms with van der Waals surface area (Å²) >= 11 is 1.31. The van der Waals surface area contributed by atoms with Gasteiger partial charge < -0.3 is 10.8 Å². The van der Waals surface area contributed by atoms with Crippen molar-refractivity contribution in [2.24, 2.45) is 0 Å². The molecule has 0 fully saturated rings. The Bertz CT molecular complexity index is 452. The third-order valence-corrected chi connectivity index (χ3v) is 2.92. The molecular weight excluding hydrogens is 189 g/mol. The number of aliphatic hydroxyl groups excluding tert-OH is 1. The van der Waals surface area contributed by atoms with Gasteiger partial charge in [0, 0.05) is 21.3 Å². The minimum Gasteiger partial charge on any atom is -0.398 e. The second-order valence-corrected chi connectivity index (χ2v) is 3.66. The molecule has 0 unspecified atom stereocenters. The standard InChI is InChI=1S/C9H8FNOS/c10-6-4-13-7-2-1-5(3-12)9(11)8(6)7/h1-2,4,12H,3,11H2. The van der Waals surface area contributed by atoms with Crippen LogP contribution in [0, 0.1) is 5.82 Å². The Morgan fingerprint density at radius 2 is 2.23 bits per heavy atom. The summed E-state index contributed by atoms with van der Waals surface area (Å²) in [5, 5.41) is 10.8. The topological polar surface area (TPSA) is 46.2 Å². The van der Waals surface area contributed by atoms with E-state index in [1.807, 2.05) is 0 Å². The minimum atomic E-state index is -0.312. The van der Waals surface area contributed by atoms with E-state index in [1.54, 1.807) is 12.1 Å². The van der Waals surface area contributed by atoms with Gasteiger partial charge in [-0.05, 0) is 6.07 Å². The first-order chi connectivity index (χ1) is 6.24. The number of aliphatic hydroxyl groups is 1. The largest absolute Gasteiger partial charge is 0.398 e. The fourth-order valence-electron chi connectivity index (χ4n) is 1.30. The van der Waals surface area contributed by atoms with Gasteiger partial charge in [0.05, 0.1) is 12.0 Å². The smallest absolute Gasteiger partial charge is 0.143 e. The Kier molecular flexibility index (Phi) is 1.94. The molecule has 3 N–H and O–H groups in total. The molecule has 4 heteroatoms. The summed E-state index contributed by atoms with van der Waals surface area (Å²) in [6.45, 7) is -0.156. The normalized spacial score (nSPS) is 10.9. The molecule has 68 valence electrons. The quantitative estimate of drug-likeness (QED) is 0.688. The monoisotopic (exact) mass is 197 g/mol. The van der Waals surface area contributed by atoms with E-state index in [0.29, 0.717) is 16.6 Å². The van der Waals surface area contributed by atoms with Gasteiger partial charge in [-0.25, -0.2) is 4.39 Å². The van der Waals surface area contributed by atoms with E-state index in [-0.39, 0.29) is 12.4 Å². The van der Waals surface area contributed by atoms with Gasteiger partial charge >= 0.3 is 0 Å². The molecule has 0 saturated heterocycles. The second kappa shape index (κ2) is 2.97. The molecule has 2 rings (SSSR count). The Balaban J connectivity index is 2.83. The van der Waals surface area contributed by atoms with Crippen LogP contribution in [0.2, 0.25) is 0 Å². The summed E-state index contributed by atoms with van der Waals surface area (Å²) < 4.78 is 14.0. The van der Waals surface area contributed by atoms with E-state index in [0.717, 1.165) is 4.70 Å². The van der Waals surface area contributed by atoms with Gasteiger partial charge in [0.1, 0.15) is 5.82 Å². The Hall–Kier alpha value is -1.13. The third-order valence-electron chi connectivity index (χ3n) is 2.00. The van der Waals surface area contributed by atoms with Crippen LogP contribution < -0.4 is 5.73 Å². The maximum absolute atomic E-state index is 13.2. The van der Waals surface area contributed by atoms with Crippen LogP contribution in [0.3, 0.4) is 0 Å². The third kappa shape index (κ3) is 1.18. The summed E-state index contributed by atoms with van der Waals surface area (Å²) in [6, 6.07) is 3.48. The molecule has 13 heavy (non-hydrogen) atoms. The molecule has 0 spiro atoms. The number of anilines is 1. The van der Waals surface area contributed by atoms with Gasteiger partial charge in [0.2, 0.25) is 0 Å². The van der Waals surface area contributed by atoms with E-state index in [9.17, 15) is 4.39 Å². The maximum atomic E-state index is 13.2. The molecule has 0 aliphatic carbocycles. The van der Waals surface area contributed by atoms with Crippen molar-refractivity contribution in [3.63, 3.8) is 0 Å². The van der Waals surface area contributed by atoms with Crippen molar-refractivity contribution < 1.29 is 9.50 Å².